The highest BCUT2D eigenvalue weighted by Crippen LogP contribution is 2.26. The van der Waals surface area contributed by atoms with Crippen molar-refractivity contribution in [2.24, 2.45) is 0 Å². The van der Waals surface area contributed by atoms with E-state index in [0.29, 0.717) is 21.8 Å². The van der Waals surface area contributed by atoms with E-state index in [1.165, 1.54) is 11.1 Å². The van der Waals surface area contributed by atoms with Gasteiger partial charge >= 0.3 is 0 Å². The van der Waals surface area contributed by atoms with Crippen LogP contribution in [-0.4, -0.2) is 20.9 Å². The van der Waals surface area contributed by atoms with E-state index in [2.05, 4.69) is 29.4 Å². The van der Waals surface area contributed by atoms with Crippen LogP contribution >= 0.6 is 23.2 Å². The number of carbonyl (C=O) groups is 1. The predicted molar refractivity (Wildman–Crippen MR) is 113 cm³/mol. The molecule has 0 aliphatic rings. The van der Waals surface area contributed by atoms with E-state index in [-0.39, 0.29) is 10.9 Å². The molecule has 140 valence electrons. The van der Waals surface area contributed by atoms with Gasteiger partial charge in [-0.1, -0.05) is 35.3 Å². The number of rotatable bonds is 3. The summed E-state index contributed by atoms with van der Waals surface area (Å²) in [5.41, 5.74) is 5.59. The van der Waals surface area contributed by atoms with Gasteiger partial charge in [-0.15, -0.1) is 10.2 Å². The second-order valence-corrected chi connectivity index (χ2v) is 7.30. The summed E-state index contributed by atoms with van der Waals surface area (Å²) in [6.45, 7) is 4.11. The van der Waals surface area contributed by atoms with E-state index >= 15 is 0 Å². The maximum absolute atomic E-state index is 12.5. The largest absolute Gasteiger partial charge is 0.322 e. The van der Waals surface area contributed by atoms with Gasteiger partial charge in [0, 0.05) is 5.69 Å². The number of fused-ring (bicyclic) bond motifs is 1. The van der Waals surface area contributed by atoms with Crippen LogP contribution in [0.3, 0.4) is 0 Å². The lowest BCUT2D eigenvalue weighted by molar-refractivity contribution is 0.102. The molecule has 0 fully saturated rings. The first kappa shape index (κ1) is 18.5. The van der Waals surface area contributed by atoms with Crippen molar-refractivity contribution in [1.82, 2.24) is 15.0 Å². The second-order valence-electron chi connectivity index (χ2n) is 6.52. The van der Waals surface area contributed by atoms with Crippen LogP contribution in [0, 0.1) is 13.8 Å². The van der Waals surface area contributed by atoms with Gasteiger partial charge in [0.1, 0.15) is 11.0 Å². The number of amides is 1. The Labute approximate surface area is 171 Å². The van der Waals surface area contributed by atoms with E-state index in [9.17, 15) is 4.79 Å². The molecule has 0 aliphatic carbocycles. The van der Waals surface area contributed by atoms with Gasteiger partial charge in [0.25, 0.3) is 5.91 Å². The van der Waals surface area contributed by atoms with Crippen LogP contribution in [-0.2, 0) is 0 Å². The third-order valence-electron chi connectivity index (χ3n) is 4.56. The third kappa shape index (κ3) is 3.46. The number of anilines is 1. The highest BCUT2D eigenvalue weighted by atomic mass is 35.5. The van der Waals surface area contributed by atoms with Crippen molar-refractivity contribution < 1.29 is 4.79 Å². The van der Waals surface area contributed by atoms with E-state index in [4.69, 9.17) is 23.2 Å². The van der Waals surface area contributed by atoms with Crippen LogP contribution in [0.4, 0.5) is 5.69 Å². The van der Waals surface area contributed by atoms with Crippen molar-refractivity contribution in [3.05, 3.63) is 81.3 Å². The normalized spacial score (nSPS) is 11.0. The molecule has 3 aromatic carbocycles. The molecule has 0 aliphatic heterocycles. The molecular weight excluding hydrogens is 395 g/mol. The summed E-state index contributed by atoms with van der Waals surface area (Å²) >= 11 is 12.1. The smallest absolute Gasteiger partial charge is 0.257 e. The first-order valence-electron chi connectivity index (χ1n) is 8.62. The lowest BCUT2D eigenvalue weighted by Gasteiger charge is -2.07. The van der Waals surface area contributed by atoms with Crippen molar-refractivity contribution in [2.45, 2.75) is 13.8 Å². The van der Waals surface area contributed by atoms with Gasteiger partial charge < -0.3 is 5.32 Å². The maximum atomic E-state index is 12.5. The van der Waals surface area contributed by atoms with E-state index in [1.54, 1.807) is 35.1 Å². The Morgan fingerprint density at radius 2 is 1.71 bits per heavy atom. The average molecular weight is 411 g/mol. The van der Waals surface area contributed by atoms with Gasteiger partial charge in [0.2, 0.25) is 0 Å². The quantitative estimate of drug-likeness (QED) is 0.478. The molecule has 0 saturated carbocycles. The number of halogens is 2. The second kappa shape index (κ2) is 7.26. The summed E-state index contributed by atoms with van der Waals surface area (Å²) in [4.78, 5) is 14.1. The zero-order valence-corrected chi connectivity index (χ0v) is 16.7. The third-order valence-corrected chi connectivity index (χ3v) is 5.37. The monoisotopic (exact) mass is 410 g/mol. The number of benzene rings is 3. The van der Waals surface area contributed by atoms with Crippen LogP contribution in [0.1, 0.15) is 21.5 Å². The molecule has 0 saturated heterocycles. The summed E-state index contributed by atoms with van der Waals surface area (Å²) in [5, 5.41) is 12.4. The molecule has 5 nitrogen and oxygen atoms in total. The van der Waals surface area contributed by atoms with Crippen LogP contribution in [0.15, 0.2) is 54.6 Å². The number of carbonyl (C=O) groups excluding carboxylic acids is 1. The Morgan fingerprint density at radius 1 is 0.929 bits per heavy atom. The Balaban J connectivity index is 1.64. The molecule has 28 heavy (non-hydrogen) atoms. The Kier molecular flexibility index (Phi) is 4.79. The Bertz CT molecular complexity index is 1220. The fraction of sp³-hybridized carbons (Fsp3) is 0.0952. The highest BCUT2D eigenvalue weighted by molar-refractivity contribution is 6.44. The average Bonchev–Trinajstić information content (AvgIpc) is 3.09. The van der Waals surface area contributed by atoms with Gasteiger partial charge in [-0.2, -0.15) is 4.80 Å². The molecule has 0 atom stereocenters. The number of aryl methyl sites for hydroxylation is 2. The summed E-state index contributed by atoms with van der Waals surface area (Å²) < 4.78 is 0. The van der Waals surface area contributed by atoms with Crippen LogP contribution in [0.5, 0.6) is 0 Å². The molecule has 7 heteroatoms. The van der Waals surface area contributed by atoms with Gasteiger partial charge in [0.15, 0.2) is 0 Å². The molecule has 0 spiro atoms. The molecule has 1 aromatic heterocycles. The number of hydrogen-bond acceptors (Lipinski definition) is 3. The highest BCUT2D eigenvalue weighted by Gasteiger charge is 2.14. The fourth-order valence-corrected chi connectivity index (χ4v) is 3.22. The van der Waals surface area contributed by atoms with Crippen molar-refractivity contribution >= 4 is 45.8 Å². The van der Waals surface area contributed by atoms with E-state index in [1.807, 2.05) is 24.3 Å². The Morgan fingerprint density at radius 3 is 2.50 bits per heavy atom. The van der Waals surface area contributed by atoms with Crippen LogP contribution in [0.25, 0.3) is 16.7 Å². The molecule has 0 bridgehead atoms. The minimum atomic E-state index is -0.339. The summed E-state index contributed by atoms with van der Waals surface area (Å²) in [6.07, 6.45) is 0. The summed E-state index contributed by atoms with van der Waals surface area (Å²) in [7, 11) is 0. The SMILES string of the molecule is Cc1ccc(-n2nc3ccc(NC(=O)c4cccc(Cl)c4Cl)cc3n2)cc1C. The number of nitrogens with zero attached hydrogens (tertiary/aromatic N) is 3. The molecule has 1 heterocycles. The predicted octanol–water partition coefficient (Wildman–Crippen LogP) is 5.60. The lowest BCUT2D eigenvalue weighted by atomic mass is 10.1. The van der Waals surface area contributed by atoms with Crippen molar-refractivity contribution in [1.29, 1.82) is 0 Å². The standard InChI is InChI=1S/C21H16Cl2N4O/c1-12-6-8-15(10-13(12)2)27-25-18-9-7-14(11-19(18)26-27)24-21(28)16-4-3-5-17(22)20(16)23/h3-11H,1-2H3,(H,24,28). The molecule has 1 amide bonds. The van der Waals surface area contributed by atoms with Gasteiger partial charge in [-0.05, 0) is 67.4 Å². The van der Waals surface area contributed by atoms with Gasteiger partial charge in [-0.25, -0.2) is 0 Å². The van der Waals surface area contributed by atoms with Crippen LogP contribution in [0.2, 0.25) is 10.0 Å². The van der Waals surface area contributed by atoms with Crippen molar-refractivity contribution in [3.63, 3.8) is 0 Å². The lowest BCUT2D eigenvalue weighted by Crippen LogP contribution is -2.12. The number of nitrogens with one attached hydrogen (secondary N) is 1. The van der Waals surface area contributed by atoms with E-state index < -0.39 is 0 Å². The van der Waals surface area contributed by atoms with Gasteiger partial charge in [0.05, 0.1) is 21.3 Å². The number of aromatic nitrogens is 3. The van der Waals surface area contributed by atoms with Crippen molar-refractivity contribution in [2.75, 3.05) is 5.32 Å². The zero-order valence-electron chi connectivity index (χ0n) is 15.2. The van der Waals surface area contributed by atoms with Crippen LogP contribution < -0.4 is 5.32 Å². The Hall–Kier alpha value is -2.89. The molecule has 0 unspecified atom stereocenters. The topological polar surface area (TPSA) is 59.8 Å². The molecule has 0 radical (unpaired) electrons. The molecule has 1 N–H and O–H groups in total. The first-order chi connectivity index (χ1) is 13.4. The number of hydrogen-bond donors (Lipinski definition) is 1. The van der Waals surface area contributed by atoms with Crippen molar-refractivity contribution in [3.8, 4) is 5.69 Å². The zero-order chi connectivity index (χ0) is 19.8. The summed E-state index contributed by atoms with van der Waals surface area (Å²) in [6, 6.07) is 16.4. The fourth-order valence-electron chi connectivity index (χ4n) is 2.84. The molecule has 4 aromatic rings. The molecular formula is C21H16Cl2N4O. The first-order valence-corrected chi connectivity index (χ1v) is 9.38. The van der Waals surface area contributed by atoms with E-state index in [0.717, 1.165) is 11.2 Å². The summed E-state index contributed by atoms with van der Waals surface area (Å²) in [5.74, 6) is -0.339. The minimum Gasteiger partial charge on any atom is -0.322 e. The van der Waals surface area contributed by atoms with Gasteiger partial charge in [-0.3, -0.25) is 4.79 Å². The maximum Gasteiger partial charge on any atom is 0.257 e. The minimum absolute atomic E-state index is 0.225. The molecule has 4 rings (SSSR count).